The molecule has 2 aromatic rings. The molecular weight excluding hydrogens is 446 g/mol. The van der Waals surface area contributed by atoms with Crippen molar-refractivity contribution in [2.24, 2.45) is 11.8 Å². The number of nitrogens with zero attached hydrogens (tertiary/aromatic N) is 2. The SMILES string of the molecule is CCC(CC)CC1Cc2cn(CC(=O)c3cc(C(C)(C)C)c(O)c(C(C)(C)C)c3)c(=N)n2C1.Cl. The van der Waals surface area contributed by atoms with Crippen molar-refractivity contribution in [2.45, 2.75) is 105 Å². The molecule has 2 heterocycles. The molecule has 0 aliphatic carbocycles. The molecule has 1 aromatic heterocycles. The van der Waals surface area contributed by atoms with Gasteiger partial charge in [0, 0.05) is 35.1 Å². The number of carbonyl (C=O) groups is 1. The summed E-state index contributed by atoms with van der Waals surface area (Å²) in [6.07, 6.45) is 6.63. The number of fused-ring (bicyclic) bond motifs is 1. The molecule has 1 unspecified atom stereocenters. The van der Waals surface area contributed by atoms with Crippen LogP contribution in [-0.2, 0) is 30.3 Å². The zero-order chi connectivity index (χ0) is 24.7. The Hall–Kier alpha value is -2.01. The summed E-state index contributed by atoms with van der Waals surface area (Å²) in [7, 11) is 0. The number of ketones is 1. The minimum atomic E-state index is -0.282. The second kappa shape index (κ2) is 10.3. The van der Waals surface area contributed by atoms with Crippen molar-refractivity contribution < 1.29 is 9.90 Å². The Bertz CT molecular complexity index is 1040. The summed E-state index contributed by atoms with van der Waals surface area (Å²) in [6.45, 7) is 17.9. The molecule has 2 N–H and O–H groups in total. The van der Waals surface area contributed by atoms with Crippen molar-refractivity contribution in [3.05, 3.63) is 46.3 Å². The third-order valence-corrected chi connectivity index (χ3v) is 7.30. The van der Waals surface area contributed by atoms with Crippen molar-refractivity contribution in [1.29, 1.82) is 5.41 Å². The van der Waals surface area contributed by atoms with Crippen LogP contribution < -0.4 is 5.62 Å². The number of phenolic OH excluding ortho intramolecular Hbond substituents is 1. The summed E-state index contributed by atoms with van der Waals surface area (Å²) in [5.41, 5.74) is 3.20. The highest BCUT2D eigenvalue weighted by atomic mass is 35.5. The number of imidazole rings is 1. The average Bonchev–Trinajstić information content (AvgIpc) is 3.23. The number of nitrogens with one attached hydrogen (secondary N) is 1. The number of rotatable bonds is 7. The third-order valence-electron chi connectivity index (χ3n) is 7.30. The summed E-state index contributed by atoms with van der Waals surface area (Å²) in [6, 6.07) is 3.68. The number of Topliss-reactive ketones (excluding diaryl/α,β-unsaturated/α-hetero) is 1. The first-order chi connectivity index (χ1) is 15.3. The molecular formula is C28H44ClN3O2. The molecule has 34 heavy (non-hydrogen) atoms. The molecule has 6 heteroatoms. The van der Waals surface area contributed by atoms with Gasteiger partial charge in [-0.25, -0.2) is 0 Å². The van der Waals surface area contributed by atoms with Crippen LogP contribution in [0.15, 0.2) is 18.3 Å². The lowest BCUT2D eigenvalue weighted by Crippen LogP contribution is -2.28. The Morgan fingerprint density at radius 3 is 2.06 bits per heavy atom. The molecule has 1 aliphatic rings. The highest BCUT2D eigenvalue weighted by Crippen LogP contribution is 2.40. The van der Waals surface area contributed by atoms with Crippen molar-refractivity contribution in [2.75, 3.05) is 0 Å². The van der Waals surface area contributed by atoms with Gasteiger partial charge in [-0.15, -0.1) is 12.4 Å². The Morgan fingerprint density at radius 2 is 1.62 bits per heavy atom. The molecule has 0 spiro atoms. The highest BCUT2D eigenvalue weighted by Gasteiger charge is 2.29. The number of halogens is 1. The summed E-state index contributed by atoms with van der Waals surface area (Å²) in [5.74, 6) is 1.61. The quantitative estimate of drug-likeness (QED) is 0.443. The van der Waals surface area contributed by atoms with Crippen molar-refractivity contribution >= 4 is 18.2 Å². The first-order valence-electron chi connectivity index (χ1n) is 12.5. The predicted octanol–water partition coefficient (Wildman–Crippen LogP) is 6.37. The van der Waals surface area contributed by atoms with Crippen LogP contribution in [0.25, 0.3) is 0 Å². The summed E-state index contributed by atoms with van der Waals surface area (Å²) < 4.78 is 3.86. The van der Waals surface area contributed by atoms with E-state index in [4.69, 9.17) is 5.41 Å². The van der Waals surface area contributed by atoms with E-state index in [1.807, 2.05) is 18.3 Å². The zero-order valence-corrected chi connectivity index (χ0v) is 23.1. The fourth-order valence-corrected chi connectivity index (χ4v) is 5.14. The van der Waals surface area contributed by atoms with E-state index in [0.717, 1.165) is 30.0 Å². The molecule has 1 aromatic carbocycles. The standard InChI is InChI=1S/C28H43N3O2.ClH/c1-9-18(10-2)11-19-12-21-16-30(26(29)31(21)15-19)17-24(32)20-13-22(27(3,4)5)25(33)23(14-20)28(6,7)8;/h13-14,16,18-19,29,33H,9-12,15,17H2,1-8H3;1H. The Balaban J connectivity index is 0.00000408. The van der Waals surface area contributed by atoms with Crippen LogP contribution in [0.1, 0.15) is 102 Å². The van der Waals surface area contributed by atoms with Gasteiger partial charge in [-0.05, 0) is 47.6 Å². The monoisotopic (exact) mass is 489 g/mol. The molecule has 0 amide bonds. The van der Waals surface area contributed by atoms with Gasteiger partial charge >= 0.3 is 0 Å². The van der Waals surface area contributed by atoms with Gasteiger partial charge in [-0.1, -0.05) is 68.2 Å². The van der Waals surface area contributed by atoms with Gasteiger partial charge in [0.15, 0.2) is 5.78 Å². The lowest BCUT2D eigenvalue weighted by Gasteiger charge is -2.28. The fourth-order valence-electron chi connectivity index (χ4n) is 5.14. The van der Waals surface area contributed by atoms with Gasteiger partial charge in [-0.2, -0.15) is 0 Å². The van der Waals surface area contributed by atoms with Crippen molar-refractivity contribution in [3.8, 4) is 5.75 Å². The van der Waals surface area contributed by atoms with Gasteiger partial charge in [-0.3, -0.25) is 10.2 Å². The lowest BCUT2D eigenvalue weighted by molar-refractivity contribution is 0.0969. The van der Waals surface area contributed by atoms with Crippen LogP contribution in [0.3, 0.4) is 0 Å². The van der Waals surface area contributed by atoms with Crippen LogP contribution >= 0.6 is 12.4 Å². The van der Waals surface area contributed by atoms with E-state index in [0.29, 0.717) is 17.1 Å². The van der Waals surface area contributed by atoms with E-state index in [-0.39, 0.29) is 41.3 Å². The van der Waals surface area contributed by atoms with Crippen LogP contribution in [-0.4, -0.2) is 20.0 Å². The Labute approximate surface area is 211 Å². The topological polar surface area (TPSA) is 71.0 Å². The van der Waals surface area contributed by atoms with Gasteiger partial charge in [0.1, 0.15) is 5.75 Å². The second-order valence-electron chi connectivity index (χ2n) is 12.0. The highest BCUT2D eigenvalue weighted by molar-refractivity contribution is 5.96. The largest absolute Gasteiger partial charge is 0.507 e. The van der Waals surface area contributed by atoms with Crippen molar-refractivity contribution in [3.63, 3.8) is 0 Å². The normalized spacial score (nSPS) is 16.0. The smallest absolute Gasteiger partial charge is 0.202 e. The van der Waals surface area contributed by atoms with Gasteiger partial charge in [0.05, 0.1) is 6.54 Å². The minimum absolute atomic E-state index is 0. The maximum atomic E-state index is 13.4. The van der Waals surface area contributed by atoms with Gasteiger partial charge in [0.25, 0.3) is 0 Å². The maximum Gasteiger partial charge on any atom is 0.202 e. The molecule has 1 aliphatic heterocycles. The van der Waals surface area contributed by atoms with E-state index >= 15 is 0 Å². The van der Waals surface area contributed by atoms with E-state index in [2.05, 4.69) is 60.0 Å². The van der Waals surface area contributed by atoms with Crippen LogP contribution in [0, 0.1) is 17.2 Å². The Morgan fingerprint density at radius 1 is 1.09 bits per heavy atom. The Kier molecular flexibility index (Phi) is 8.56. The zero-order valence-electron chi connectivity index (χ0n) is 22.3. The maximum absolute atomic E-state index is 13.4. The molecule has 3 rings (SSSR count). The van der Waals surface area contributed by atoms with Gasteiger partial charge < -0.3 is 14.2 Å². The lowest BCUT2D eigenvalue weighted by atomic mass is 9.78. The van der Waals surface area contributed by atoms with E-state index < -0.39 is 0 Å². The van der Waals surface area contributed by atoms with E-state index in [9.17, 15) is 9.90 Å². The minimum Gasteiger partial charge on any atom is -0.507 e. The summed E-state index contributed by atoms with van der Waals surface area (Å²) >= 11 is 0. The van der Waals surface area contributed by atoms with Crippen LogP contribution in [0.5, 0.6) is 5.75 Å². The summed E-state index contributed by atoms with van der Waals surface area (Å²) in [5, 5.41) is 19.6. The van der Waals surface area contributed by atoms with Crippen LogP contribution in [0.2, 0.25) is 0 Å². The van der Waals surface area contributed by atoms with Gasteiger partial charge in [0.2, 0.25) is 5.62 Å². The molecule has 0 bridgehead atoms. The molecule has 190 valence electrons. The fraction of sp³-hybridized carbons (Fsp3) is 0.643. The summed E-state index contributed by atoms with van der Waals surface area (Å²) in [4.78, 5) is 13.4. The number of hydrogen-bond acceptors (Lipinski definition) is 3. The molecule has 0 radical (unpaired) electrons. The number of aromatic hydroxyl groups is 1. The molecule has 0 fully saturated rings. The number of hydrogen-bond donors (Lipinski definition) is 2. The predicted molar refractivity (Wildman–Crippen MR) is 141 cm³/mol. The average molecular weight is 490 g/mol. The number of carbonyl (C=O) groups excluding carboxylic acids is 1. The molecule has 0 saturated heterocycles. The van der Waals surface area contributed by atoms with E-state index in [1.165, 1.54) is 25.0 Å². The second-order valence-corrected chi connectivity index (χ2v) is 12.0. The number of aromatic nitrogens is 2. The molecule has 0 saturated carbocycles. The molecule has 5 nitrogen and oxygen atoms in total. The molecule has 1 atom stereocenters. The first kappa shape index (κ1) is 28.2. The van der Waals surface area contributed by atoms with Crippen molar-refractivity contribution in [1.82, 2.24) is 9.13 Å². The number of phenols is 1. The number of benzene rings is 1. The van der Waals surface area contributed by atoms with Crippen LogP contribution in [0.4, 0.5) is 0 Å². The third kappa shape index (κ3) is 5.79. The van der Waals surface area contributed by atoms with E-state index in [1.54, 1.807) is 4.57 Å². The first-order valence-corrected chi connectivity index (χ1v) is 12.5.